The van der Waals surface area contributed by atoms with Gasteiger partial charge in [0, 0.05) is 12.8 Å². The van der Waals surface area contributed by atoms with E-state index in [1.165, 1.54) is 64.2 Å². The third-order valence-electron chi connectivity index (χ3n) is 3.51. The lowest BCUT2D eigenvalue weighted by molar-refractivity contribution is 0.387. The Hall–Kier alpha value is -0.480. The van der Waals surface area contributed by atoms with Gasteiger partial charge in [-0.05, 0) is 19.3 Å². The highest BCUT2D eigenvalue weighted by molar-refractivity contribution is 4.98. The predicted molar refractivity (Wildman–Crippen MR) is 78.6 cm³/mol. The molecule has 1 nitrogen and oxygen atoms in total. The molecule has 0 N–H and O–H groups in total. The Kier molecular flexibility index (Phi) is 10.0. The summed E-state index contributed by atoms with van der Waals surface area (Å²) in [6, 6.07) is 0. The first-order chi connectivity index (χ1) is 8.93. The van der Waals surface area contributed by atoms with E-state index in [9.17, 15) is 0 Å². The summed E-state index contributed by atoms with van der Waals surface area (Å²) in [6.07, 6.45) is 16.3. The minimum absolute atomic E-state index is 0.635. The second kappa shape index (κ2) is 11.6. The van der Waals surface area contributed by atoms with Gasteiger partial charge in [-0.15, -0.1) is 11.8 Å². The van der Waals surface area contributed by atoms with Crippen molar-refractivity contribution in [2.45, 2.75) is 90.1 Å². The number of hydrogen-bond acceptors (Lipinski definition) is 1. The molecule has 0 spiro atoms. The molecule has 1 saturated heterocycles. The van der Waals surface area contributed by atoms with Crippen LogP contribution in [0.1, 0.15) is 84.0 Å². The lowest BCUT2D eigenvalue weighted by Crippen LogP contribution is -1.86. The number of ether oxygens (including phenoxy) is 1. The second-order valence-corrected chi connectivity index (χ2v) is 5.43. The molecule has 1 aliphatic heterocycles. The Bertz CT molecular complexity index is 232. The van der Waals surface area contributed by atoms with E-state index in [2.05, 4.69) is 18.8 Å². The fraction of sp³-hybridized carbons (Fsp3) is 0.882. The van der Waals surface area contributed by atoms with Crippen LogP contribution in [-0.2, 0) is 4.74 Å². The van der Waals surface area contributed by atoms with Crippen LogP contribution in [0.2, 0.25) is 0 Å². The normalized spacial score (nSPS) is 17.3. The quantitative estimate of drug-likeness (QED) is 0.283. The van der Waals surface area contributed by atoms with E-state index < -0.39 is 0 Å². The number of unbranched alkanes of at least 4 members (excludes halogenated alkanes) is 9. The van der Waals surface area contributed by atoms with Crippen LogP contribution in [0.5, 0.6) is 0 Å². The molecule has 0 amide bonds. The first kappa shape index (κ1) is 15.6. The summed E-state index contributed by atoms with van der Waals surface area (Å²) in [6.45, 7) is 3.25. The fourth-order valence-electron chi connectivity index (χ4n) is 2.15. The maximum atomic E-state index is 5.20. The topological polar surface area (TPSA) is 12.5 Å². The van der Waals surface area contributed by atoms with E-state index >= 15 is 0 Å². The highest BCUT2D eigenvalue weighted by Gasteiger charge is 2.20. The first-order valence-corrected chi connectivity index (χ1v) is 8.01. The summed E-state index contributed by atoms with van der Waals surface area (Å²) < 4.78 is 5.20. The average molecular weight is 250 g/mol. The number of epoxide rings is 1. The van der Waals surface area contributed by atoms with Gasteiger partial charge in [0.25, 0.3) is 0 Å². The molecule has 1 aliphatic rings. The Morgan fingerprint density at radius 1 is 0.833 bits per heavy atom. The van der Waals surface area contributed by atoms with Crippen molar-refractivity contribution in [1.29, 1.82) is 0 Å². The van der Waals surface area contributed by atoms with Gasteiger partial charge in [-0.25, -0.2) is 0 Å². The van der Waals surface area contributed by atoms with Gasteiger partial charge in [0.2, 0.25) is 0 Å². The van der Waals surface area contributed by atoms with Crippen LogP contribution in [0.25, 0.3) is 0 Å². The molecular weight excluding hydrogens is 220 g/mol. The summed E-state index contributed by atoms with van der Waals surface area (Å²) in [5.74, 6) is 6.55. The van der Waals surface area contributed by atoms with Gasteiger partial charge in [-0.2, -0.15) is 0 Å². The van der Waals surface area contributed by atoms with Crippen molar-refractivity contribution in [3.8, 4) is 11.8 Å². The molecule has 1 heterocycles. The van der Waals surface area contributed by atoms with Gasteiger partial charge < -0.3 is 4.74 Å². The molecule has 18 heavy (non-hydrogen) atoms. The fourth-order valence-corrected chi connectivity index (χ4v) is 2.15. The summed E-state index contributed by atoms with van der Waals surface area (Å²) in [7, 11) is 0. The molecule has 1 unspecified atom stereocenters. The minimum atomic E-state index is 0.635. The molecule has 0 aromatic heterocycles. The van der Waals surface area contributed by atoms with Crippen molar-refractivity contribution in [1.82, 2.24) is 0 Å². The Morgan fingerprint density at radius 2 is 1.39 bits per heavy atom. The van der Waals surface area contributed by atoms with Gasteiger partial charge in [-0.3, -0.25) is 0 Å². The van der Waals surface area contributed by atoms with Crippen molar-refractivity contribution in [3.63, 3.8) is 0 Å². The maximum Gasteiger partial charge on any atom is 0.0810 e. The van der Waals surface area contributed by atoms with Crippen molar-refractivity contribution in [2.24, 2.45) is 0 Å². The summed E-state index contributed by atoms with van der Waals surface area (Å²) in [5.41, 5.74) is 0. The minimum Gasteiger partial charge on any atom is -0.373 e. The molecule has 1 rings (SSSR count). The summed E-state index contributed by atoms with van der Waals surface area (Å²) in [4.78, 5) is 0. The van der Waals surface area contributed by atoms with Crippen molar-refractivity contribution in [2.75, 3.05) is 6.61 Å². The molecule has 1 fully saturated rings. The maximum absolute atomic E-state index is 5.20. The SMILES string of the molecule is CCCCC#CCCCCCCCCCC1CO1. The lowest BCUT2D eigenvalue weighted by atomic mass is 10.1. The van der Waals surface area contributed by atoms with Crippen molar-refractivity contribution >= 4 is 0 Å². The van der Waals surface area contributed by atoms with Gasteiger partial charge in [-0.1, -0.05) is 51.9 Å². The van der Waals surface area contributed by atoms with Crippen LogP contribution >= 0.6 is 0 Å². The molecule has 0 aliphatic carbocycles. The highest BCUT2D eigenvalue weighted by atomic mass is 16.6. The smallest absolute Gasteiger partial charge is 0.0810 e. The van der Waals surface area contributed by atoms with E-state index in [1.807, 2.05) is 0 Å². The molecule has 0 aromatic carbocycles. The Morgan fingerprint density at radius 3 is 2.00 bits per heavy atom. The van der Waals surface area contributed by atoms with Crippen LogP contribution in [0.15, 0.2) is 0 Å². The van der Waals surface area contributed by atoms with Crippen molar-refractivity contribution in [3.05, 3.63) is 0 Å². The number of hydrogen-bond donors (Lipinski definition) is 0. The summed E-state index contributed by atoms with van der Waals surface area (Å²) in [5, 5.41) is 0. The standard InChI is InChI=1S/C17H30O/c1-2-3-4-5-6-7-8-9-10-11-12-13-14-15-17-16-18-17/h17H,2-4,7-16H2,1H3. The van der Waals surface area contributed by atoms with Crippen LogP contribution in [0, 0.1) is 11.8 Å². The van der Waals surface area contributed by atoms with Gasteiger partial charge in [0.1, 0.15) is 0 Å². The zero-order valence-electron chi connectivity index (χ0n) is 12.2. The third-order valence-corrected chi connectivity index (χ3v) is 3.51. The van der Waals surface area contributed by atoms with E-state index in [4.69, 9.17) is 4.74 Å². The van der Waals surface area contributed by atoms with E-state index in [0.717, 1.165) is 19.4 Å². The van der Waals surface area contributed by atoms with Crippen molar-refractivity contribution < 1.29 is 4.74 Å². The zero-order valence-corrected chi connectivity index (χ0v) is 12.2. The molecule has 0 aromatic rings. The van der Waals surface area contributed by atoms with Crippen LogP contribution < -0.4 is 0 Å². The van der Waals surface area contributed by atoms with Crippen LogP contribution in [0.4, 0.5) is 0 Å². The zero-order chi connectivity index (χ0) is 12.9. The second-order valence-electron chi connectivity index (χ2n) is 5.43. The summed E-state index contributed by atoms with van der Waals surface area (Å²) >= 11 is 0. The van der Waals surface area contributed by atoms with Gasteiger partial charge in [0.05, 0.1) is 12.7 Å². The predicted octanol–water partition coefficient (Wildman–Crippen LogP) is 5.09. The molecule has 1 atom stereocenters. The molecule has 0 radical (unpaired) electrons. The van der Waals surface area contributed by atoms with Gasteiger partial charge in [0.15, 0.2) is 0 Å². The van der Waals surface area contributed by atoms with E-state index in [-0.39, 0.29) is 0 Å². The molecular formula is C17H30O. The molecule has 0 bridgehead atoms. The monoisotopic (exact) mass is 250 g/mol. The third kappa shape index (κ3) is 10.7. The van der Waals surface area contributed by atoms with Crippen LogP contribution in [0.3, 0.4) is 0 Å². The largest absolute Gasteiger partial charge is 0.373 e. The Labute approximate surface area is 114 Å². The first-order valence-electron chi connectivity index (χ1n) is 8.01. The van der Waals surface area contributed by atoms with E-state index in [1.54, 1.807) is 0 Å². The van der Waals surface area contributed by atoms with Gasteiger partial charge >= 0.3 is 0 Å². The highest BCUT2D eigenvalue weighted by Crippen LogP contribution is 2.18. The van der Waals surface area contributed by atoms with Crippen LogP contribution in [-0.4, -0.2) is 12.7 Å². The number of rotatable bonds is 11. The van der Waals surface area contributed by atoms with E-state index in [0.29, 0.717) is 6.10 Å². The average Bonchev–Trinajstić information content (AvgIpc) is 3.19. The Balaban J connectivity index is 1.68. The molecule has 0 saturated carbocycles. The molecule has 104 valence electrons. The lowest BCUT2D eigenvalue weighted by Gasteiger charge is -2.00. The molecule has 1 heteroatoms.